The molecular weight excluding hydrogens is 317 g/mol. The fraction of sp³-hybridized carbons (Fsp3) is 0.154. The van der Waals surface area contributed by atoms with Crippen molar-refractivity contribution in [1.82, 2.24) is 9.78 Å². The van der Waals surface area contributed by atoms with Crippen LogP contribution in [0.25, 0.3) is 0 Å². The first-order chi connectivity index (χ1) is 9.88. The molecule has 2 rings (SSSR count). The lowest BCUT2D eigenvalue weighted by Crippen LogP contribution is -2.20. The zero-order valence-electron chi connectivity index (χ0n) is 10.9. The first kappa shape index (κ1) is 15.3. The van der Waals surface area contributed by atoms with Crippen LogP contribution in [0.2, 0.25) is 10.0 Å². The molecular formula is C13H11Cl2N3O3. The summed E-state index contributed by atoms with van der Waals surface area (Å²) >= 11 is 11.8. The van der Waals surface area contributed by atoms with Crippen LogP contribution in [-0.4, -0.2) is 26.8 Å². The Balaban J connectivity index is 2.14. The number of hydrogen-bond donors (Lipinski definition) is 2. The SMILES string of the molecule is Cc1c(Cl)cnn1CC(=O)Nc1cc(C(=O)O)ccc1Cl. The number of nitrogens with one attached hydrogen (secondary N) is 1. The Kier molecular flexibility index (Phi) is 4.50. The van der Waals surface area contributed by atoms with Crippen molar-refractivity contribution in [2.45, 2.75) is 13.5 Å². The molecule has 110 valence electrons. The Morgan fingerprint density at radius 3 is 2.62 bits per heavy atom. The number of nitrogens with zero attached hydrogens (tertiary/aromatic N) is 2. The molecule has 0 unspecified atom stereocenters. The van der Waals surface area contributed by atoms with Crippen LogP contribution in [0.1, 0.15) is 16.1 Å². The van der Waals surface area contributed by atoms with Crippen LogP contribution in [0.15, 0.2) is 24.4 Å². The maximum atomic E-state index is 12.0. The number of carboxylic acid groups (broad SMARTS) is 1. The van der Waals surface area contributed by atoms with E-state index in [-0.39, 0.29) is 28.7 Å². The molecule has 0 radical (unpaired) electrons. The highest BCUT2D eigenvalue weighted by Crippen LogP contribution is 2.23. The highest BCUT2D eigenvalue weighted by molar-refractivity contribution is 6.34. The Hall–Kier alpha value is -2.05. The predicted octanol–water partition coefficient (Wildman–Crippen LogP) is 2.84. The summed E-state index contributed by atoms with van der Waals surface area (Å²) in [5.74, 6) is -1.49. The lowest BCUT2D eigenvalue weighted by Gasteiger charge is -2.09. The second kappa shape index (κ2) is 6.15. The van der Waals surface area contributed by atoms with Crippen molar-refractivity contribution < 1.29 is 14.7 Å². The van der Waals surface area contributed by atoms with Gasteiger partial charge in [-0.15, -0.1) is 0 Å². The van der Waals surface area contributed by atoms with E-state index in [2.05, 4.69) is 10.4 Å². The summed E-state index contributed by atoms with van der Waals surface area (Å²) in [6.07, 6.45) is 1.45. The van der Waals surface area contributed by atoms with E-state index in [1.807, 2.05) is 0 Å². The van der Waals surface area contributed by atoms with Crippen molar-refractivity contribution in [2.75, 3.05) is 5.32 Å². The van der Waals surface area contributed by atoms with Crippen molar-refractivity contribution in [3.05, 3.63) is 45.7 Å². The molecule has 2 aromatic rings. The summed E-state index contributed by atoms with van der Waals surface area (Å²) < 4.78 is 1.44. The minimum absolute atomic E-state index is 0.0352. The van der Waals surface area contributed by atoms with Crippen LogP contribution in [0.4, 0.5) is 5.69 Å². The molecule has 0 bridgehead atoms. The van der Waals surface area contributed by atoms with Crippen LogP contribution >= 0.6 is 23.2 Å². The predicted molar refractivity (Wildman–Crippen MR) is 79.0 cm³/mol. The fourth-order valence-corrected chi connectivity index (χ4v) is 1.97. The molecule has 0 aliphatic carbocycles. The maximum Gasteiger partial charge on any atom is 0.335 e. The van der Waals surface area contributed by atoms with E-state index in [1.54, 1.807) is 6.92 Å². The zero-order valence-corrected chi connectivity index (χ0v) is 12.4. The van der Waals surface area contributed by atoms with Crippen molar-refractivity contribution >= 4 is 40.8 Å². The van der Waals surface area contributed by atoms with Gasteiger partial charge < -0.3 is 10.4 Å². The molecule has 0 fully saturated rings. The molecule has 0 atom stereocenters. The summed E-state index contributed by atoms with van der Waals surface area (Å²) in [4.78, 5) is 22.9. The fourth-order valence-electron chi connectivity index (χ4n) is 1.66. The Labute approximate surface area is 130 Å². The normalized spacial score (nSPS) is 10.4. The molecule has 1 aromatic carbocycles. The van der Waals surface area contributed by atoms with Crippen LogP contribution in [0.3, 0.4) is 0 Å². The third-order valence-electron chi connectivity index (χ3n) is 2.82. The van der Waals surface area contributed by atoms with E-state index in [4.69, 9.17) is 28.3 Å². The molecule has 0 saturated carbocycles. The van der Waals surface area contributed by atoms with Gasteiger partial charge in [-0.05, 0) is 25.1 Å². The number of hydrogen-bond acceptors (Lipinski definition) is 3. The number of aromatic nitrogens is 2. The van der Waals surface area contributed by atoms with Crippen molar-refractivity contribution in [1.29, 1.82) is 0 Å². The third kappa shape index (κ3) is 3.53. The van der Waals surface area contributed by atoms with Gasteiger partial charge in [0.15, 0.2) is 0 Å². The van der Waals surface area contributed by atoms with Gasteiger partial charge in [-0.25, -0.2) is 4.79 Å². The lowest BCUT2D eigenvalue weighted by molar-refractivity contribution is -0.116. The second-order valence-corrected chi connectivity index (χ2v) is 5.10. The van der Waals surface area contributed by atoms with Gasteiger partial charge in [-0.3, -0.25) is 9.48 Å². The number of carbonyl (C=O) groups excluding carboxylic acids is 1. The van der Waals surface area contributed by atoms with Gasteiger partial charge in [0.2, 0.25) is 5.91 Å². The van der Waals surface area contributed by atoms with E-state index in [9.17, 15) is 9.59 Å². The number of carboxylic acids is 1. The van der Waals surface area contributed by atoms with Gasteiger partial charge in [-0.2, -0.15) is 5.10 Å². The van der Waals surface area contributed by atoms with Gasteiger partial charge in [0.05, 0.1) is 33.2 Å². The molecule has 1 aromatic heterocycles. The zero-order chi connectivity index (χ0) is 15.6. The molecule has 0 aliphatic rings. The highest BCUT2D eigenvalue weighted by Gasteiger charge is 2.12. The summed E-state index contributed by atoms with van der Waals surface area (Å²) in [6.45, 7) is 1.69. The van der Waals surface area contributed by atoms with Gasteiger partial charge in [0.1, 0.15) is 6.54 Å². The monoisotopic (exact) mass is 327 g/mol. The topological polar surface area (TPSA) is 84.2 Å². The van der Waals surface area contributed by atoms with Crippen molar-refractivity contribution in [3.8, 4) is 0 Å². The van der Waals surface area contributed by atoms with E-state index in [0.717, 1.165) is 0 Å². The van der Waals surface area contributed by atoms with Crippen LogP contribution in [0, 0.1) is 6.92 Å². The first-order valence-corrected chi connectivity index (χ1v) is 6.64. The number of amides is 1. The Bertz CT molecular complexity index is 713. The van der Waals surface area contributed by atoms with E-state index >= 15 is 0 Å². The van der Waals surface area contributed by atoms with Crippen LogP contribution < -0.4 is 5.32 Å². The summed E-state index contributed by atoms with van der Waals surface area (Å²) in [5.41, 5.74) is 0.933. The lowest BCUT2D eigenvalue weighted by atomic mass is 10.2. The van der Waals surface area contributed by atoms with Gasteiger partial charge in [0.25, 0.3) is 0 Å². The van der Waals surface area contributed by atoms with E-state index in [1.165, 1.54) is 29.1 Å². The number of halogens is 2. The minimum Gasteiger partial charge on any atom is -0.478 e. The third-order valence-corrected chi connectivity index (χ3v) is 3.52. The quantitative estimate of drug-likeness (QED) is 0.904. The molecule has 2 N–H and O–H groups in total. The number of rotatable bonds is 4. The summed E-state index contributed by atoms with van der Waals surface area (Å²) in [7, 11) is 0. The molecule has 0 spiro atoms. The average Bonchev–Trinajstić information content (AvgIpc) is 2.73. The minimum atomic E-state index is -1.10. The number of benzene rings is 1. The molecule has 0 saturated heterocycles. The average molecular weight is 328 g/mol. The van der Waals surface area contributed by atoms with Gasteiger partial charge >= 0.3 is 5.97 Å². The van der Waals surface area contributed by atoms with Gasteiger partial charge in [0, 0.05) is 0 Å². The standard InChI is InChI=1S/C13H11Cl2N3O3/c1-7-10(15)5-16-18(7)6-12(19)17-11-4-8(13(20)21)2-3-9(11)14/h2-5H,6H2,1H3,(H,17,19)(H,20,21). The molecule has 1 amide bonds. The molecule has 8 heteroatoms. The van der Waals surface area contributed by atoms with E-state index < -0.39 is 5.97 Å². The summed E-state index contributed by atoms with van der Waals surface area (Å²) in [6, 6.07) is 4.07. The largest absolute Gasteiger partial charge is 0.478 e. The molecule has 1 heterocycles. The molecule has 21 heavy (non-hydrogen) atoms. The molecule has 6 nitrogen and oxygen atoms in total. The van der Waals surface area contributed by atoms with Crippen LogP contribution in [-0.2, 0) is 11.3 Å². The smallest absolute Gasteiger partial charge is 0.335 e. The number of carbonyl (C=O) groups is 2. The summed E-state index contributed by atoms with van der Waals surface area (Å²) in [5, 5.41) is 16.2. The maximum absolute atomic E-state index is 12.0. The number of aromatic carboxylic acids is 1. The van der Waals surface area contributed by atoms with Gasteiger partial charge in [-0.1, -0.05) is 23.2 Å². The molecule has 0 aliphatic heterocycles. The highest BCUT2D eigenvalue weighted by atomic mass is 35.5. The second-order valence-electron chi connectivity index (χ2n) is 4.28. The van der Waals surface area contributed by atoms with E-state index in [0.29, 0.717) is 10.7 Å². The van der Waals surface area contributed by atoms with Crippen molar-refractivity contribution in [2.24, 2.45) is 0 Å². The van der Waals surface area contributed by atoms with Crippen molar-refractivity contribution in [3.63, 3.8) is 0 Å². The Morgan fingerprint density at radius 2 is 2.05 bits per heavy atom. The Morgan fingerprint density at radius 1 is 1.33 bits per heavy atom. The first-order valence-electron chi connectivity index (χ1n) is 5.89. The van der Waals surface area contributed by atoms with Crippen LogP contribution in [0.5, 0.6) is 0 Å². The number of anilines is 1.